The summed E-state index contributed by atoms with van der Waals surface area (Å²) in [4.78, 5) is 0. The summed E-state index contributed by atoms with van der Waals surface area (Å²) in [5, 5.41) is 21.7. The minimum Gasteiger partial charge on any atom is -0.424 e. The maximum Gasteiger partial charge on any atom is 0.230 e. The average molecular weight is 299 g/mol. The van der Waals surface area contributed by atoms with Crippen molar-refractivity contribution in [3.8, 4) is 0 Å². The number of hydrogen-bond acceptors (Lipinski definition) is 5. The molecule has 0 bridgehead atoms. The molecule has 0 saturated heterocycles. The lowest BCUT2D eigenvalue weighted by Crippen LogP contribution is -2.43. The molecule has 1 fully saturated rings. The van der Waals surface area contributed by atoms with Crippen molar-refractivity contribution in [1.29, 1.82) is 0 Å². The van der Waals surface area contributed by atoms with Crippen molar-refractivity contribution in [3.05, 3.63) is 47.2 Å². The molecule has 1 aromatic heterocycles. The predicted octanol–water partition coefficient (Wildman–Crippen LogP) is 2.26. The van der Waals surface area contributed by atoms with E-state index in [2.05, 4.69) is 33.7 Å². The van der Waals surface area contributed by atoms with Gasteiger partial charge in [0.2, 0.25) is 11.8 Å². The van der Waals surface area contributed by atoms with Crippen LogP contribution < -0.4 is 5.32 Å². The summed E-state index contributed by atoms with van der Waals surface area (Å²) in [7, 11) is 0. The third-order valence-corrected chi connectivity index (χ3v) is 5.14. The van der Waals surface area contributed by atoms with Gasteiger partial charge < -0.3 is 9.52 Å². The smallest absolute Gasteiger partial charge is 0.230 e. The average Bonchev–Trinajstić information content (AvgIpc) is 3.09. The summed E-state index contributed by atoms with van der Waals surface area (Å²) in [6, 6.07) is 8.31. The number of nitrogens with one attached hydrogen (secondary N) is 1. The monoisotopic (exact) mass is 299 g/mol. The zero-order valence-electron chi connectivity index (χ0n) is 12.6. The summed E-state index contributed by atoms with van der Waals surface area (Å²) < 4.78 is 5.76. The number of aliphatic hydroxyl groups excluding tert-OH is 1. The molecule has 0 aliphatic heterocycles. The van der Waals surface area contributed by atoms with Gasteiger partial charge in [0.15, 0.2) is 0 Å². The lowest BCUT2D eigenvalue weighted by molar-refractivity contribution is 0.155. The van der Waals surface area contributed by atoms with E-state index in [1.165, 1.54) is 17.5 Å². The van der Waals surface area contributed by atoms with Gasteiger partial charge in [0.1, 0.15) is 0 Å². The number of nitrogens with zero attached hydrogens (tertiary/aromatic N) is 2. The van der Waals surface area contributed by atoms with Crippen LogP contribution in [0.3, 0.4) is 0 Å². The fraction of sp³-hybridized carbons (Fsp3) is 0.529. The first-order valence-electron chi connectivity index (χ1n) is 8.07. The van der Waals surface area contributed by atoms with E-state index in [9.17, 15) is 5.11 Å². The molecule has 1 atom stereocenters. The molecule has 4 rings (SSSR count). The van der Waals surface area contributed by atoms with Crippen LogP contribution in [0.15, 0.2) is 28.7 Å². The van der Waals surface area contributed by atoms with Gasteiger partial charge in [-0.05, 0) is 36.8 Å². The van der Waals surface area contributed by atoms with Crippen LogP contribution in [0.5, 0.6) is 0 Å². The van der Waals surface area contributed by atoms with Crippen molar-refractivity contribution in [3.63, 3.8) is 0 Å². The first kappa shape index (κ1) is 13.9. The van der Waals surface area contributed by atoms with E-state index in [1.807, 2.05) is 6.07 Å². The molecular weight excluding hydrogens is 278 g/mol. The molecule has 5 heteroatoms. The van der Waals surface area contributed by atoms with Gasteiger partial charge in [-0.1, -0.05) is 30.7 Å². The Balaban J connectivity index is 1.49. The zero-order chi connectivity index (χ0) is 15.0. The number of benzene rings is 1. The molecule has 2 aromatic rings. The Bertz CT molecular complexity index is 665. The van der Waals surface area contributed by atoms with Gasteiger partial charge in [-0.2, -0.15) is 0 Å². The molecule has 0 radical (unpaired) electrons. The number of hydrogen-bond donors (Lipinski definition) is 2. The maximum atomic E-state index is 9.95. The first-order chi connectivity index (χ1) is 10.8. The molecule has 0 amide bonds. The lowest BCUT2D eigenvalue weighted by Gasteiger charge is -2.29. The molecule has 1 unspecified atom stereocenters. The van der Waals surface area contributed by atoms with Gasteiger partial charge in [0.25, 0.3) is 0 Å². The van der Waals surface area contributed by atoms with Crippen LogP contribution in [0.25, 0.3) is 0 Å². The van der Waals surface area contributed by atoms with Crippen LogP contribution in [0.1, 0.15) is 54.5 Å². The van der Waals surface area contributed by atoms with Gasteiger partial charge >= 0.3 is 0 Å². The third-order valence-electron chi connectivity index (χ3n) is 5.14. The second kappa shape index (κ2) is 5.48. The Morgan fingerprint density at radius 1 is 1.27 bits per heavy atom. The second-order valence-corrected chi connectivity index (χ2v) is 6.41. The van der Waals surface area contributed by atoms with Crippen LogP contribution in [-0.4, -0.2) is 21.9 Å². The number of aliphatic hydroxyl groups is 1. The van der Waals surface area contributed by atoms with E-state index in [0.29, 0.717) is 18.4 Å². The van der Waals surface area contributed by atoms with Crippen LogP contribution in [0, 0.1) is 0 Å². The van der Waals surface area contributed by atoms with Crippen LogP contribution in [0.4, 0.5) is 0 Å². The number of fused-ring (bicyclic) bond motifs is 1. The van der Waals surface area contributed by atoms with E-state index in [0.717, 1.165) is 31.6 Å². The summed E-state index contributed by atoms with van der Waals surface area (Å²) >= 11 is 0. The molecule has 1 aromatic carbocycles. The van der Waals surface area contributed by atoms with E-state index < -0.39 is 0 Å². The van der Waals surface area contributed by atoms with E-state index in [4.69, 9.17) is 4.42 Å². The number of aryl methyl sites for hydroxylation is 1. The Morgan fingerprint density at radius 3 is 2.91 bits per heavy atom. The highest BCUT2D eigenvalue weighted by Crippen LogP contribution is 2.37. The highest BCUT2D eigenvalue weighted by Gasteiger charge is 2.38. The second-order valence-electron chi connectivity index (χ2n) is 6.41. The normalized spacial score (nSPS) is 24.2. The molecule has 2 aliphatic rings. The van der Waals surface area contributed by atoms with Crippen molar-refractivity contribution >= 4 is 0 Å². The molecule has 1 saturated carbocycles. The van der Waals surface area contributed by atoms with Crippen molar-refractivity contribution in [2.24, 2.45) is 0 Å². The summed E-state index contributed by atoms with van der Waals surface area (Å²) in [6.45, 7) is 0.572. The molecule has 116 valence electrons. The zero-order valence-corrected chi connectivity index (χ0v) is 12.6. The van der Waals surface area contributed by atoms with E-state index in [-0.39, 0.29) is 12.1 Å². The fourth-order valence-electron chi connectivity index (χ4n) is 3.49. The minimum atomic E-state index is -0.387. The Morgan fingerprint density at radius 2 is 2.14 bits per heavy atom. The van der Waals surface area contributed by atoms with Gasteiger partial charge in [-0.15, -0.1) is 10.2 Å². The Kier molecular flexibility index (Phi) is 3.47. The van der Waals surface area contributed by atoms with E-state index in [1.54, 1.807) is 0 Å². The maximum absolute atomic E-state index is 9.95. The minimum absolute atomic E-state index is 0.0770. The first-order valence-corrected chi connectivity index (χ1v) is 8.07. The Labute approximate surface area is 129 Å². The van der Waals surface area contributed by atoms with Gasteiger partial charge in [0, 0.05) is 5.92 Å². The van der Waals surface area contributed by atoms with Gasteiger partial charge in [0.05, 0.1) is 18.7 Å². The third kappa shape index (κ3) is 2.25. The fourth-order valence-corrected chi connectivity index (χ4v) is 3.49. The molecule has 22 heavy (non-hydrogen) atoms. The largest absolute Gasteiger partial charge is 0.424 e. The van der Waals surface area contributed by atoms with Crippen molar-refractivity contribution in [2.45, 2.75) is 50.1 Å². The van der Waals surface area contributed by atoms with Gasteiger partial charge in [-0.3, -0.25) is 5.32 Å². The highest BCUT2D eigenvalue weighted by atomic mass is 16.4. The molecule has 5 nitrogen and oxygen atoms in total. The predicted molar refractivity (Wildman–Crippen MR) is 81.3 cm³/mol. The van der Waals surface area contributed by atoms with Crippen LogP contribution in [-0.2, 0) is 18.5 Å². The number of rotatable bonds is 5. The summed E-state index contributed by atoms with van der Waals surface area (Å²) in [5.41, 5.74) is 2.11. The molecule has 0 spiro atoms. The van der Waals surface area contributed by atoms with Crippen molar-refractivity contribution in [2.75, 3.05) is 6.61 Å². The molecule has 2 N–H and O–H groups in total. The number of aromatic nitrogens is 2. The van der Waals surface area contributed by atoms with Crippen LogP contribution in [0.2, 0.25) is 0 Å². The van der Waals surface area contributed by atoms with Gasteiger partial charge in [-0.25, -0.2) is 0 Å². The topological polar surface area (TPSA) is 71.2 Å². The SMILES string of the molecule is OCC1(NCc2nnc(C3CCC3)o2)CCc2ccccc21. The van der Waals surface area contributed by atoms with Crippen LogP contribution >= 0.6 is 0 Å². The summed E-state index contributed by atoms with van der Waals surface area (Å²) in [5.74, 6) is 1.84. The standard InChI is InChI=1S/C17H21N3O2/c21-11-17(9-8-12-4-1-2-7-14(12)17)18-10-15-19-20-16(22-15)13-5-3-6-13/h1-2,4,7,13,18,21H,3,5-6,8-11H2. The highest BCUT2D eigenvalue weighted by molar-refractivity contribution is 5.38. The lowest BCUT2D eigenvalue weighted by atomic mass is 9.85. The summed E-state index contributed by atoms with van der Waals surface area (Å²) in [6.07, 6.45) is 5.45. The Hall–Kier alpha value is -1.72. The quantitative estimate of drug-likeness (QED) is 0.886. The van der Waals surface area contributed by atoms with E-state index >= 15 is 0 Å². The van der Waals surface area contributed by atoms with Crippen molar-refractivity contribution < 1.29 is 9.52 Å². The molecule has 2 aliphatic carbocycles. The molecular formula is C17H21N3O2. The van der Waals surface area contributed by atoms with Crippen molar-refractivity contribution in [1.82, 2.24) is 15.5 Å². The molecule has 1 heterocycles.